The first kappa shape index (κ1) is 13.4. The minimum atomic E-state index is 0.648. The first-order chi connectivity index (χ1) is 8.78. The molecule has 1 saturated heterocycles. The first-order valence-corrected chi connectivity index (χ1v) is 7.33. The SMILES string of the molecule is CCCN1CCCC(Nc2ccc(C)cc2)CC1. The molecule has 0 amide bonds. The Morgan fingerprint density at radius 3 is 2.67 bits per heavy atom. The zero-order valence-corrected chi connectivity index (χ0v) is 11.8. The number of rotatable bonds is 4. The summed E-state index contributed by atoms with van der Waals surface area (Å²) < 4.78 is 0. The van der Waals surface area contributed by atoms with Crippen LogP contribution in [0.2, 0.25) is 0 Å². The lowest BCUT2D eigenvalue weighted by molar-refractivity contribution is 0.285. The molecule has 2 rings (SSSR count). The van der Waals surface area contributed by atoms with Crippen LogP contribution in [0, 0.1) is 6.92 Å². The molecule has 0 aliphatic carbocycles. The highest BCUT2D eigenvalue weighted by atomic mass is 15.1. The summed E-state index contributed by atoms with van der Waals surface area (Å²) in [5.74, 6) is 0. The zero-order chi connectivity index (χ0) is 12.8. The summed E-state index contributed by atoms with van der Waals surface area (Å²) >= 11 is 0. The summed E-state index contributed by atoms with van der Waals surface area (Å²) in [5, 5.41) is 3.68. The van der Waals surface area contributed by atoms with Crippen LogP contribution in [0.1, 0.15) is 38.2 Å². The Labute approximate surface area is 111 Å². The lowest BCUT2D eigenvalue weighted by Crippen LogP contribution is -2.27. The highest BCUT2D eigenvalue weighted by molar-refractivity contribution is 5.45. The van der Waals surface area contributed by atoms with Crippen LogP contribution in [0.4, 0.5) is 5.69 Å². The van der Waals surface area contributed by atoms with Gasteiger partial charge in [0, 0.05) is 18.3 Å². The summed E-state index contributed by atoms with van der Waals surface area (Å²) in [7, 11) is 0. The molecule has 1 aromatic carbocycles. The lowest BCUT2D eigenvalue weighted by Gasteiger charge is -2.20. The van der Waals surface area contributed by atoms with Crippen molar-refractivity contribution in [3.63, 3.8) is 0 Å². The Morgan fingerprint density at radius 1 is 1.17 bits per heavy atom. The number of nitrogens with one attached hydrogen (secondary N) is 1. The number of benzene rings is 1. The van der Waals surface area contributed by atoms with Crippen LogP contribution in [-0.4, -0.2) is 30.6 Å². The lowest BCUT2D eigenvalue weighted by atomic mass is 10.1. The van der Waals surface area contributed by atoms with Gasteiger partial charge in [-0.15, -0.1) is 0 Å². The van der Waals surface area contributed by atoms with Gasteiger partial charge in [-0.2, -0.15) is 0 Å². The third-order valence-corrected chi connectivity index (χ3v) is 3.78. The Morgan fingerprint density at radius 2 is 1.94 bits per heavy atom. The number of anilines is 1. The molecular weight excluding hydrogens is 220 g/mol. The quantitative estimate of drug-likeness (QED) is 0.872. The number of nitrogens with zero attached hydrogens (tertiary/aromatic N) is 1. The van der Waals surface area contributed by atoms with E-state index in [4.69, 9.17) is 0 Å². The van der Waals surface area contributed by atoms with E-state index in [1.165, 1.54) is 56.6 Å². The van der Waals surface area contributed by atoms with E-state index in [1.54, 1.807) is 0 Å². The topological polar surface area (TPSA) is 15.3 Å². The second-order valence-corrected chi connectivity index (χ2v) is 5.48. The maximum atomic E-state index is 3.68. The van der Waals surface area contributed by atoms with E-state index < -0.39 is 0 Å². The Kier molecular flexibility index (Phi) is 5.06. The summed E-state index contributed by atoms with van der Waals surface area (Å²) in [6, 6.07) is 9.41. The molecule has 1 atom stereocenters. The van der Waals surface area contributed by atoms with Crippen molar-refractivity contribution < 1.29 is 0 Å². The average molecular weight is 246 g/mol. The third-order valence-electron chi connectivity index (χ3n) is 3.78. The number of likely N-dealkylation sites (tertiary alicyclic amines) is 1. The first-order valence-electron chi connectivity index (χ1n) is 7.33. The fourth-order valence-electron chi connectivity index (χ4n) is 2.73. The van der Waals surface area contributed by atoms with Crippen LogP contribution in [0.5, 0.6) is 0 Å². The molecule has 0 bridgehead atoms. The molecule has 1 N–H and O–H groups in total. The third kappa shape index (κ3) is 4.02. The van der Waals surface area contributed by atoms with E-state index in [1.807, 2.05) is 0 Å². The molecule has 1 aromatic rings. The van der Waals surface area contributed by atoms with Crippen molar-refractivity contribution in [3.05, 3.63) is 29.8 Å². The van der Waals surface area contributed by atoms with Gasteiger partial charge in [-0.25, -0.2) is 0 Å². The molecule has 1 aliphatic heterocycles. The van der Waals surface area contributed by atoms with Gasteiger partial charge in [0.2, 0.25) is 0 Å². The Hall–Kier alpha value is -1.02. The normalized spacial score (nSPS) is 21.6. The Balaban J connectivity index is 1.84. The minimum Gasteiger partial charge on any atom is -0.382 e. The standard InChI is InChI=1S/C16H26N2/c1-3-11-18-12-4-5-15(10-13-18)17-16-8-6-14(2)7-9-16/h6-9,15,17H,3-5,10-13H2,1-2H3. The van der Waals surface area contributed by atoms with Crippen molar-refractivity contribution in [2.24, 2.45) is 0 Å². The maximum Gasteiger partial charge on any atom is 0.0342 e. The fraction of sp³-hybridized carbons (Fsp3) is 0.625. The van der Waals surface area contributed by atoms with E-state index >= 15 is 0 Å². The average Bonchev–Trinajstić information content (AvgIpc) is 2.59. The molecule has 1 unspecified atom stereocenters. The van der Waals surface area contributed by atoms with Gasteiger partial charge in [0.15, 0.2) is 0 Å². The van der Waals surface area contributed by atoms with Crippen LogP contribution in [-0.2, 0) is 0 Å². The van der Waals surface area contributed by atoms with Crippen molar-refractivity contribution in [2.45, 2.75) is 45.6 Å². The molecule has 2 heteroatoms. The van der Waals surface area contributed by atoms with Gasteiger partial charge < -0.3 is 10.2 Å². The van der Waals surface area contributed by atoms with Crippen molar-refractivity contribution in [1.82, 2.24) is 4.90 Å². The molecule has 1 aliphatic rings. The van der Waals surface area contributed by atoms with E-state index in [9.17, 15) is 0 Å². The van der Waals surface area contributed by atoms with Crippen LogP contribution < -0.4 is 5.32 Å². The smallest absolute Gasteiger partial charge is 0.0342 e. The minimum absolute atomic E-state index is 0.648. The molecular formula is C16H26N2. The summed E-state index contributed by atoms with van der Waals surface area (Å²) in [6.07, 6.45) is 5.17. The molecule has 100 valence electrons. The molecule has 0 aromatic heterocycles. The number of hydrogen-bond donors (Lipinski definition) is 1. The van der Waals surface area contributed by atoms with E-state index in [2.05, 4.69) is 48.3 Å². The van der Waals surface area contributed by atoms with Crippen molar-refractivity contribution >= 4 is 5.69 Å². The summed E-state index contributed by atoms with van der Waals surface area (Å²) in [5.41, 5.74) is 2.60. The number of hydrogen-bond acceptors (Lipinski definition) is 2. The van der Waals surface area contributed by atoms with E-state index in [0.717, 1.165) is 0 Å². The Bertz CT molecular complexity index is 345. The monoisotopic (exact) mass is 246 g/mol. The van der Waals surface area contributed by atoms with Gasteiger partial charge >= 0.3 is 0 Å². The van der Waals surface area contributed by atoms with Crippen molar-refractivity contribution in [3.8, 4) is 0 Å². The summed E-state index contributed by atoms with van der Waals surface area (Å²) in [4.78, 5) is 2.61. The van der Waals surface area contributed by atoms with Gasteiger partial charge in [0.1, 0.15) is 0 Å². The maximum absolute atomic E-state index is 3.68. The molecule has 0 saturated carbocycles. The predicted octanol–water partition coefficient (Wildman–Crippen LogP) is 3.67. The molecule has 1 heterocycles. The van der Waals surface area contributed by atoms with Crippen molar-refractivity contribution in [2.75, 3.05) is 25.0 Å². The highest BCUT2D eigenvalue weighted by Gasteiger charge is 2.15. The second kappa shape index (κ2) is 6.79. The van der Waals surface area contributed by atoms with Gasteiger partial charge in [0.05, 0.1) is 0 Å². The van der Waals surface area contributed by atoms with Crippen LogP contribution in [0.3, 0.4) is 0 Å². The van der Waals surface area contributed by atoms with Crippen molar-refractivity contribution in [1.29, 1.82) is 0 Å². The van der Waals surface area contributed by atoms with Gasteiger partial charge in [-0.3, -0.25) is 0 Å². The molecule has 1 fully saturated rings. The van der Waals surface area contributed by atoms with Crippen LogP contribution >= 0.6 is 0 Å². The molecule has 18 heavy (non-hydrogen) atoms. The molecule has 2 nitrogen and oxygen atoms in total. The highest BCUT2D eigenvalue weighted by Crippen LogP contribution is 2.17. The van der Waals surface area contributed by atoms with Gasteiger partial charge in [0.25, 0.3) is 0 Å². The van der Waals surface area contributed by atoms with Gasteiger partial charge in [-0.05, 0) is 57.8 Å². The van der Waals surface area contributed by atoms with E-state index in [-0.39, 0.29) is 0 Å². The number of aryl methyl sites for hydroxylation is 1. The van der Waals surface area contributed by atoms with E-state index in [0.29, 0.717) is 6.04 Å². The zero-order valence-electron chi connectivity index (χ0n) is 11.8. The van der Waals surface area contributed by atoms with Gasteiger partial charge in [-0.1, -0.05) is 24.6 Å². The molecule has 0 radical (unpaired) electrons. The second-order valence-electron chi connectivity index (χ2n) is 5.48. The van der Waals surface area contributed by atoms with Crippen LogP contribution in [0.25, 0.3) is 0 Å². The fourth-order valence-corrected chi connectivity index (χ4v) is 2.73. The molecule has 0 spiro atoms. The summed E-state index contributed by atoms with van der Waals surface area (Å²) in [6.45, 7) is 8.19. The van der Waals surface area contributed by atoms with Crippen LogP contribution in [0.15, 0.2) is 24.3 Å². The largest absolute Gasteiger partial charge is 0.382 e. The predicted molar refractivity (Wildman–Crippen MR) is 79.2 cm³/mol.